The first-order valence-corrected chi connectivity index (χ1v) is 11.6. The average molecular weight is 465 g/mol. The van der Waals surface area contributed by atoms with Crippen LogP contribution in [0.1, 0.15) is 32.8 Å². The van der Waals surface area contributed by atoms with Gasteiger partial charge in [-0.1, -0.05) is 26.0 Å². The third kappa shape index (κ3) is 6.24. The van der Waals surface area contributed by atoms with E-state index in [1.165, 1.54) is 31.4 Å². The van der Waals surface area contributed by atoms with Crippen LogP contribution >= 0.6 is 0 Å². The normalized spacial score (nSPS) is 12.6. The molecule has 0 saturated carbocycles. The number of nitrogens with one attached hydrogen (secondary N) is 1. The summed E-state index contributed by atoms with van der Waals surface area (Å²) in [6.45, 7) is 5.90. The molecule has 0 amide bonds. The minimum absolute atomic E-state index is 0.0386. The summed E-state index contributed by atoms with van der Waals surface area (Å²) in [5, 5.41) is 14.0. The number of pyridine rings is 1. The first-order valence-electron chi connectivity index (χ1n) is 10.1. The number of sulfonamides is 1. The van der Waals surface area contributed by atoms with E-state index in [1.54, 1.807) is 19.1 Å². The highest BCUT2D eigenvalue weighted by atomic mass is 32.2. The van der Waals surface area contributed by atoms with Gasteiger partial charge in [-0.05, 0) is 43.0 Å². The Morgan fingerprint density at radius 3 is 2.47 bits per heavy atom. The van der Waals surface area contributed by atoms with Crippen LogP contribution in [0.15, 0.2) is 47.6 Å². The molecule has 1 N–H and O–H groups in total. The van der Waals surface area contributed by atoms with E-state index in [0.29, 0.717) is 12.1 Å². The van der Waals surface area contributed by atoms with Crippen molar-refractivity contribution in [3.63, 3.8) is 0 Å². The van der Waals surface area contributed by atoms with Crippen molar-refractivity contribution in [3.8, 4) is 0 Å². The fraction of sp³-hybridized carbons (Fsp3) is 0.429. The molecule has 1 unspecified atom stereocenters. The number of esters is 1. The van der Waals surface area contributed by atoms with Crippen molar-refractivity contribution in [1.29, 1.82) is 0 Å². The Morgan fingerprint density at radius 2 is 1.91 bits per heavy atom. The molecule has 10 nitrogen and oxygen atoms in total. The van der Waals surface area contributed by atoms with Crippen LogP contribution in [0.3, 0.4) is 0 Å². The molecular weight excluding hydrogens is 436 g/mol. The topological polar surface area (TPSA) is 132 Å². The summed E-state index contributed by atoms with van der Waals surface area (Å²) in [7, 11) is -2.56. The summed E-state index contributed by atoms with van der Waals surface area (Å²) < 4.78 is 32.3. The Morgan fingerprint density at radius 1 is 1.25 bits per heavy atom. The summed E-state index contributed by atoms with van der Waals surface area (Å²) in [5.41, 5.74) is 0.887. The zero-order valence-electron chi connectivity index (χ0n) is 18.5. The predicted molar refractivity (Wildman–Crippen MR) is 119 cm³/mol. The summed E-state index contributed by atoms with van der Waals surface area (Å²) in [6.07, 6.45) is 2.93. The van der Waals surface area contributed by atoms with Crippen LogP contribution in [0, 0.1) is 16.0 Å². The van der Waals surface area contributed by atoms with Gasteiger partial charge in [-0.25, -0.2) is 8.42 Å². The van der Waals surface area contributed by atoms with Crippen molar-refractivity contribution >= 4 is 27.4 Å². The number of carbonyl (C=O) groups excluding carboxylic acids is 1. The lowest BCUT2D eigenvalue weighted by Gasteiger charge is -2.27. The van der Waals surface area contributed by atoms with Crippen molar-refractivity contribution < 1.29 is 22.9 Å². The fourth-order valence-electron chi connectivity index (χ4n) is 3.07. The maximum atomic E-state index is 13.1. The molecule has 0 aliphatic heterocycles. The standard InChI is InChI=1S/C21H28N4O6S/c1-5-31-21(26)19(12-15(2)3)24(4)32(29,30)17-8-6-16(7-9-17)13-23-18-10-11-22-14-20(18)25(27)28/h6-11,14-15,19H,5,12-13H2,1-4H3,(H,22,23). The number of carbonyl (C=O) groups is 1. The molecule has 174 valence electrons. The quantitative estimate of drug-likeness (QED) is 0.305. The van der Waals surface area contributed by atoms with Gasteiger partial charge in [0.15, 0.2) is 0 Å². The van der Waals surface area contributed by atoms with E-state index in [1.807, 2.05) is 13.8 Å². The average Bonchev–Trinajstić information content (AvgIpc) is 2.76. The molecule has 2 aromatic rings. The molecule has 0 radical (unpaired) electrons. The Labute approximate surface area is 187 Å². The van der Waals surface area contributed by atoms with Gasteiger partial charge in [-0.3, -0.25) is 19.9 Å². The van der Waals surface area contributed by atoms with Crippen LogP contribution in [-0.2, 0) is 26.1 Å². The first-order chi connectivity index (χ1) is 15.1. The molecule has 1 aromatic heterocycles. The SMILES string of the molecule is CCOC(=O)C(CC(C)C)N(C)S(=O)(=O)c1ccc(CNc2ccncc2[N+](=O)[O-])cc1. The summed E-state index contributed by atoms with van der Waals surface area (Å²) >= 11 is 0. The van der Waals surface area contributed by atoms with Crippen molar-refractivity contribution in [1.82, 2.24) is 9.29 Å². The molecule has 32 heavy (non-hydrogen) atoms. The van der Waals surface area contributed by atoms with E-state index >= 15 is 0 Å². The van der Waals surface area contributed by atoms with Crippen molar-refractivity contribution in [2.45, 2.75) is 44.7 Å². The third-order valence-corrected chi connectivity index (χ3v) is 6.65. The lowest BCUT2D eigenvalue weighted by molar-refractivity contribution is -0.384. The number of rotatable bonds is 11. The van der Waals surface area contributed by atoms with Crippen LogP contribution in [0.5, 0.6) is 0 Å². The van der Waals surface area contributed by atoms with E-state index in [9.17, 15) is 23.3 Å². The number of ether oxygens (including phenoxy) is 1. The van der Waals surface area contributed by atoms with Gasteiger partial charge in [0.25, 0.3) is 0 Å². The molecule has 1 aromatic carbocycles. The number of benzene rings is 1. The number of likely N-dealkylation sites (N-methyl/N-ethyl adjacent to an activating group) is 1. The molecule has 1 atom stereocenters. The second-order valence-corrected chi connectivity index (χ2v) is 9.56. The minimum atomic E-state index is -3.93. The molecular formula is C21H28N4O6S. The molecule has 2 rings (SSSR count). The fourth-order valence-corrected chi connectivity index (χ4v) is 4.39. The zero-order chi connectivity index (χ0) is 23.9. The predicted octanol–water partition coefficient (Wildman–Crippen LogP) is 3.20. The van der Waals surface area contributed by atoms with Crippen LogP contribution in [0.4, 0.5) is 11.4 Å². The van der Waals surface area contributed by atoms with Gasteiger partial charge >= 0.3 is 11.7 Å². The van der Waals surface area contributed by atoms with Gasteiger partial charge in [-0.15, -0.1) is 0 Å². The van der Waals surface area contributed by atoms with Gasteiger partial charge in [0.2, 0.25) is 10.0 Å². The van der Waals surface area contributed by atoms with Crippen LogP contribution in [0.25, 0.3) is 0 Å². The van der Waals surface area contributed by atoms with Crippen LogP contribution in [-0.4, -0.2) is 48.3 Å². The van der Waals surface area contributed by atoms with Gasteiger partial charge in [0.05, 0.1) is 16.4 Å². The highest BCUT2D eigenvalue weighted by Gasteiger charge is 2.34. The molecule has 0 spiro atoms. The van der Waals surface area contributed by atoms with Gasteiger partial charge < -0.3 is 10.1 Å². The Kier molecular flexibility index (Phi) is 8.67. The van der Waals surface area contributed by atoms with Crippen molar-refractivity contribution in [3.05, 3.63) is 58.4 Å². The van der Waals surface area contributed by atoms with Crippen molar-refractivity contribution in [2.75, 3.05) is 19.0 Å². The van der Waals surface area contributed by atoms with E-state index in [-0.39, 0.29) is 29.7 Å². The number of nitro groups is 1. The maximum absolute atomic E-state index is 13.1. The van der Waals surface area contributed by atoms with Gasteiger partial charge in [0.1, 0.15) is 17.9 Å². The summed E-state index contributed by atoms with van der Waals surface area (Å²) in [4.78, 5) is 26.7. The monoisotopic (exact) mass is 464 g/mol. The number of aromatic nitrogens is 1. The molecule has 0 aliphatic rings. The largest absolute Gasteiger partial charge is 0.465 e. The zero-order valence-corrected chi connectivity index (χ0v) is 19.3. The summed E-state index contributed by atoms with van der Waals surface area (Å²) in [5.74, 6) is -0.486. The van der Waals surface area contributed by atoms with Crippen LogP contribution < -0.4 is 5.32 Å². The van der Waals surface area contributed by atoms with E-state index in [0.717, 1.165) is 16.1 Å². The summed E-state index contributed by atoms with van der Waals surface area (Å²) in [6, 6.07) is 6.69. The molecule has 0 bridgehead atoms. The smallest absolute Gasteiger partial charge is 0.324 e. The molecule has 0 fully saturated rings. The molecule has 1 heterocycles. The van der Waals surface area contributed by atoms with Gasteiger partial charge in [-0.2, -0.15) is 4.31 Å². The number of hydrogen-bond donors (Lipinski definition) is 1. The highest BCUT2D eigenvalue weighted by Crippen LogP contribution is 2.24. The minimum Gasteiger partial charge on any atom is -0.465 e. The molecule has 0 saturated heterocycles. The second kappa shape index (κ2) is 11.0. The lowest BCUT2D eigenvalue weighted by atomic mass is 10.0. The van der Waals surface area contributed by atoms with Crippen molar-refractivity contribution in [2.24, 2.45) is 5.92 Å². The van der Waals surface area contributed by atoms with E-state index in [4.69, 9.17) is 4.74 Å². The maximum Gasteiger partial charge on any atom is 0.324 e. The number of hydrogen-bond acceptors (Lipinski definition) is 8. The van der Waals surface area contributed by atoms with E-state index < -0.39 is 27.0 Å². The Hall–Kier alpha value is -3.05. The van der Waals surface area contributed by atoms with Gasteiger partial charge in [0, 0.05) is 19.8 Å². The third-order valence-electron chi connectivity index (χ3n) is 4.77. The number of nitrogens with zero attached hydrogens (tertiary/aromatic N) is 3. The molecule has 0 aliphatic carbocycles. The first kappa shape index (κ1) is 25.2. The highest BCUT2D eigenvalue weighted by molar-refractivity contribution is 7.89. The van der Waals surface area contributed by atoms with Crippen LogP contribution in [0.2, 0.25) is 0 Å². The molecule has 11 heteroatoms. The van der Waals surface area contributed by atoms with E-state index in [2.05, 4.69) is 10.3 Å². The Balaban J connectivity index is 2.18. The second-order valence-electron chi connectivity index (χ2n) is 7.57. The lowest BCUT2D eigenvalue weighted by Crippen LogP contribution is -2.44. The Bertz CT molecular complexity index is 1040. The number of anilines is 1.